The topological polar surface area (TPSA) is 20.2 Å². The highest BCUT2D eigenvalue weighted by atomic mass is 35.5. The number of aliphatic hydroxyl groups excluding tert-OH is 1. The first-order valence-electron chi connectivity index (χ1n) is 7.29. The van der Waals surface area contributed by atoms with Gasteiger partial charge in [-0.25, -0.2) is 0 Å². The van der Waals surface area contributed by atoms with Gasteiger partial charge in [-0.15, -0.1) is 0 Å². The van der Waals surface area contributed by atoms with Gasteiger partial charge in [0.2, 0.25) is 0 Å². The van der Waals surface area contributed by atoms with E-state index in [0.29, 0.717) is 22.4 Å². The van der Waals surface area contributed by atoms with E-state index in [2.05, 4.69) is 0 Å². The smallest absolute Gasteiger partial charge is 0.0609 e. The highest BCUT2D eigenvalue weighted by Gasteiger charge is 2.21. The molecule has 1 aromatic carbocycles. The van der Waals surface area contributed by atoms with Gasteiger partial charge in [-0.05, 0) is 42.5 Å². The molecule has 1 aliphatic rings. The summed E-state index contributed by atoms with van der Waals surface area (Å²) in [7, 11) is 0. The van der Waals surface area contributed by atoms with Gasteiger partial charge in [0.05, 0.1) is 6.10 Å². The van der Waals surface area contributed by atoms with E-state index in [0.717, 1.165) is 18.4 Å². The summed E-state index contributed by atoms with van der Waals surface area (Å²) >= 11 is 12.2. The molecule has 1 aliphatic carbocycles. The van der Waals surface area contributed by atoms with Crippen molar-refractivity contribution in [2.45, 2.75) is 57.5 Å². The molecule has 0 spiro atoms. The molecule has 2 rings (SSSR count). The van der Waals surface area contributed by atoms with Crippen molar-refractivity contribution < 1.29 is 5.11 Å². The van der Waals surface area contributed by atoms with E-state index in [1.807, 2.05) is 12.1 Å². The van der Waals surface area contributed by atoms with Crippen LogP contribution in [0.5, 0.6) is 0 Å². The minimum Gasteiger partial charge on any atom is -0.392 e. The summed E-state index contributed by atoms with van der Waals surface area (Å²) in [6.45, 7) is 0. The van der Waals surface area contributed by atoms with E-state index in [-0.39, 0.29) is 6.10 Å². The highest BCUT2D eigenvalue weighted by Crippen LogP contribution is 2.29. The van der Waals surface area contributed by atoms with Crippen LogP contribution in [0.4, 0.5) is 0 Å². The molecule has 19 heavy (non-hydrogen) atoms. The van der Waals surface area contributed by atoms with Crippen LogP contribution in [0, 0.1) is 5.92 Å². The molecule has 0 aromatic heterocycles. The Bertz CT molecular complexity index is 398. The third-order valence-electron chi connectivity index (χ3n) is 4.13. The Morgan fingerprint density at radius 2 is 1.68 bits per heavy atom. The summed E-state index contributed by atoms with van der Waals surface area (Å²) in [4.78, 5) is 0. The predicted octanol–water partition coefficient (Wildman–Crippen LogP) is 5.26. The molecule has 1 unspecified atom stereocenters. The minimum absolute atomic E-state index is 0.297. The van der Waals surface area contributed by atoms with Crippen molar-refractivity contribution in [1.29, 1.82) is 0 Å². The van der Waals surface area contributed by atoms with Crippen molar-refractivity contribution in [3.8, 4) is 0 Å². The number of rotatable bonds is 3. The minimum atomic E-state index is -0.297. The molecule has 0 bridgehead atoms. The molecule has 0 radical (unpaired) electrons. The lowest BCUT2D eigenvalue weighted by atomic mass is 9.85. The second kappa shape index (κ2) is 7.52. The first kappa shape index (κ1) is 15.2. The quantitative estimate of drug-likeness (QED) is 0.807. The summed E-state index contributed by atoms with van der Waals surface area (Å²) in [6, 6.07) is 5.47. The van der Waals surface area contributed by atoms with Gasteiger partial charge in [-0.1, -0.05) is 55.3 Å². The molecule has 0 amide bonds. The zero-order valence-corrected chi connectivity index (χ0v) is 12.8. The molecule has 0 aliphatic heterocycles. The van der Waals surface area contributed by atoms with E-state index in [1.54, 1.807) is 6.07 Å². The van der Waals surface area contributed by atoms with Crippen molar-refractivity contribution in [3.05, 3.63) is 33.8 Å². The van der Waals surface area contributed by atoms with Crippen molar-refractivity contribution in [1.82, 2.24) is 0 Å². The van der Waals surface area contributed by atoms with Gasteiger partial charge in [0, 0.05) is 16.5 Å². The highest BCUT2D eigenvalue weighted by molar-refractivity contribution is 6.33. The first-order chi connectivity index (χ1) is 9.16. The van der Waals surface area contributed by atoms with Gasteiger partial charge in [0.1, 0.15) is 0 Å². The van der Waals surface area contributed by atoms with Gasteiger partial charge in [-0.3, -0.25) is 0 Å². The van der Waals surface area contributed by atoms with Crippen LogP contribution < -0.4 is 0 Å². The fraction of sp³-hybridized carbons (Fsp3) is 0.625. The Labute approximate surface area is 125 Å². The normalized spacial score (nSPS) is 19.7. The zero-order valence-electron chi connectivity index (χ0n) is 11.2. The third-order valence-corrected chi connectivity index (χ3v) is 4.73. The molecule has 1 fully saturated rings. The van der Waals surface area contributed by atoms with Gasteiger partial charge >= 0.3 is 0 Å². The number of benzene rings is 1. The van der Waals surface area contributed by atoms with Crippen LogP contribution in [-0.2, 0) is 6.42 Å². The van der Waals surface area contributed by atoms with Crippen molar-refractivity contribution in [2.24, 2.45) is 5.92 Å². The van der Waals surface area contributed by atoms with Crippen LogP contribution in [0.25, 0.3) is 0 Å². The van der Waals surface area contributed by atoms with Gasteiger partial charge in [0.25, 0.3) is 0 Å². The predicted molar refractivity (Wildman–Crippen MR) is 82.0 cm³/mol. The van der Waals surface area contributed by atoms with E-state index in [4.69, 9.17) is 23.2 Å². The Hall–Kier alpha value is -0.240. The van der Waals surface area contributed by atoms with Crippen molar-refractivity contribution >= 4 is 23.2 Å². The van der Waals surface area contributed by atoms with Gasteiger partial charge < -0.3 is 5.11 Å². The maximum Gasteiger partial charge on any atom is 0.0609 e. The lowest BCUT2D eigenvalue weighted by Gasteiger charge is -2.25. The molecule has 1 aromatic rings. The van der Waals surface area contributed by atoms with Crippen LogP contribution in [0.1, 0.15) is 50.5 Å². The van der Waals surface area contributed by atoms with E-state index >= 15 is 0 Å². The van der Waals surface area contributed by atoms with Crippen LogP contribution in [0.15, 0.2) is 18.2 Å². The SMILES string of the molecule is OC(Cc1cc(Cl)ccc1Cl)C1CCCCCCC1. The summed E-state index contributed by atoms with van der Waals surface area (Å²) in [5.41, 5.74) is 0.962. The summed E-state index contributed by atoms with van der Waals surface area (Å²) in [6.07, 6.45) is 9.04. The maximum absolute atomic E-state index is 10.5. The molecule has 1 atom stereocenters. The molecule has 0 saturated heterocycles. The summed E-state index contributed by atoms with van der Waals surface area (Å²) in [5.74, 6) is 0.412. The maximum atomic E-state index is 10.5. The van der Waals surface area contributed by atoms with E-state index < -0.39 is 0 Å². The molecule has 1 saturated carbocycles. The van der Waals surface area contributed by atoms with E-state index in [9.17, 15) is 5.11 Å². The average molecular weight is 301 g/mol. The zero-order chi connectivity index (χ0) is 13.7. The lowest BCUT2D eigenvalue weighted by Crippen LogP contribution is -2.24. The number of hydrogen-bond acceptors (Lipinski definition) is 1. The monoisotopic (exact) mass is 300 g/mol. The third kappa shape index (κ3) is 4.66. The summed E-state index contributed by atoms with van der Waals surface area (Å²) in [5, 5.41) is 11.8. The largest absolute Gasteiger partial charge is 0.392 e. The molecular formula is C16H22Cl2O. The molecule has 0 heterocycles. The Balaban J connectivity index is 1.98. The number of halogens is 2. The fourth-order valence-electron chi connectivity index (χ4n) is 2.96. The number of aliphatic hydroxyl groups is 1. The van der Waals surface area contributed by atoms with E-state index in [1.165, 1.54) is 32.1 Å². The molecular weight excluding hydrogens is 279 g/mol. The Morgan fingerprint density at radius 3 is 2.37 bits per heavy atom. The second-order valence-corrected chi connectivity index (χ2v) is 6.46. The molecule has 1 N–H and O–H groups in total. The van der Waals surface area contributed by atoms with Crippen molar-refractivity contribution in [3.63, 3.8) is 0 Å². The van der Waals surface area contributed by atoms with Crippen molar-refractivity contribution in [2.75, 3.05) is 0 Å². The number of hydrogen-bond donors (Lipinski definition) is 1. The molecule has 1 nitrogen and oxygen atoms in total. The average Bonchev–Trinajstić information content (AvgIpc) is 2.33. The van der Waals surface area contributed by atoms with Crippen LogP contribution in [-0.4, -0.2) is 11.2 Å². The molecule has 106 valence electrons. The molecule has 3 heteroatoms. The Kier molecular flexibility index (Phi) is 6.00. The first-order valence-corrected chi connectivity index (χ1v) is 8.04. The van der Waals surface area contributed by atoms with Gasteiger partial charge in [0.15, 0.2) is 0 Å². The van der Waals surface area contributed by atoms with Crippen LogP contribution in [0.2, 0.25) is 10.0 Å². The second-order valence-electron chi connectivity index (χ2n) is 5.61. The summed E-state index contributed by atoms with van der Waals surface area (Å²) < 4.78 is 0. The lowest BCUT2D eigenvalue weighted by molar-refractivity contribution is 0.0913. The van der Waals surface area contributed by atoms with Crippen LogP contribution >= 0.6 is 23.2 Å². The van der Waals surface area contributed by atoms with Gasteiger partial charge in [-0.2, -0.15) is 0 Å². The Morgan fingerprint density at radius 1 is 1.05 bits per heavy atom. The fourth-order valence-corrected chi connectivity index (χ4v) is 3.35. The van der Waals surface area contributed by atoms with Crippen LogP contribution in [0.3, 0.4) is 0 Å². The standard InChI is InChI=1S/C16H22Cl2O/c17-14-8-9-15(18)13(10-14)11-16(19)12-6-4-2-1-3-5-7-12/h8-10,12,16,19H,1-7,11H2.